The third kappa shape index (κ3) is 3.12. The highest BCUT2D eigenvalue weighted by Gasteiger charge is 2.21. The Balaban J connectivity index is 1.70. The summed E-state index contributed by atoms with van der Waals surface area (Å²) in [6.07, 6.45) is 0.609. The molecule has 1 aromatic heterocycles. The number of benzene rings is 1. The first-order valence-corrected chi connectivity index (χ1v) is 6.57. The zero-order chi connectivity index (χ0) is 13.1. The number of aromatic nitrogens is 2. The van der Waals surface area contributed by atoms with Gasteiger partial charge < -0.3 is 14.6 Å². The molecule has 1 unspecified atom stereocenters. The van der Waals surface area contributed by atoms with Crippen LogP contribution in [-0.4, -0.2) is 29.9 Å². The third-order valence-corrected chi connectivity index (χ3v) is 3.19. The molecule has 1 atom stereocenters. The van der Waals surface area contributed by atoms with Crippen molar-refractivity contribution in [1.29, 1.82) is 0 Å². The van der Waals surface area contributed by atoms with Gasteiger partial charge >= 0.3 is 0 Å². The van der Waals surface area contributed by atoms with Crippen LogP contribution in [0, 0.1) is 0 Å². The smallest absolute Gasteiger partial charge is 0.246 e. The van der Waals surface area contributed by atoms with E-state index >= 15 is 0 Å². The summed E-state index contributed by atoms with van der Waals surface area (Å²) in [6.45, 7) is 2.09. The molecule has 0 bridgehead atoms. The van der Waals surface area contributed by atoms with E-state index in [-0.39, 0.29) is 6.04 Å². The second kappa shape index (κ2) is 5.69. The SMILES string of the molecule is Clc1cccc(Cc2noc(C3COCCN3)n2)c1. The molecule has 1 fully saturated rings. The summed E-state index contributed by atoms with van der Waals surface area (Å²) in [5.41, 5.74) is 1.06. The van der Waals surface area contributed by atoms with Crippen molar-refractivity contribution in [3.05, 3.63) is 46.6 Å². The molecule has 2 heterocycles. The number of morpholine rings is 1. The van der Waals surface area contributed by atoms with Crippen LogP contribution in [0.15, 0.2) is 28.8 Å². The maximum atomic E-state index is 5.95. The molecule has 2 aromatic rings. The zero-order valence-electron chi connectivity index (χ0n) is 10.3. The molecule has 0 amide bonds. The summed E-state index contributed by atoms with van der Waals surface area (Å²) in [7, 11) is 0. The van der Waals surface area contributed by atoms with Crippen molar-refractivity contribution >= 4 is 11.6 Å². The molecule has 19 heavy (non-hydrogen) atoms. The Kier molecular flexibility index (Phi) is 3.77. The lowest BCUT2D eigenvalue weighted by molar-refractivity contribution is 0.0659. The average molecular weight is 280 g/mol. The molecule has 1 aliphatic rings. The number of ether oxygens (including phenoxy) is 1. The quantitative estimate of drug-likeness (QED) is 0.931. The van der Waals surface area contributed by atoms with Crippen molar-refractivity contribution in [3.8, 4) is 0 Å². The Morgan fingerprint density at radius 3 is 3.16 bits per heavy atom. The van der Waals surface area contributed by atoms with E-state index in [4.69, 9.17) is 20.9 Å². The van der Waals surface area contributed by atoms with Gasteiger partial charge in [-0.2, -0.15) is 4.98 Å². The van der Waals surface area contributed by atoms with Gasteiger partial charge in [0, 0.05) is 18.0 Å². The molecule has 1 aromatic carbocycles. The minimum Gasteiger partial charge on any atom is -0.378 e. The highest BCUT2D eigenvalue weighted by molar-refractivity contribution is 6.30. The maximum absolute atomic E-state index is 5.95. The fourth-order valence-corrected chi connectivity index (χ4v) is 2.25. The van der Waals surface area contributed by atoms with Crippen LogP contribution in [0.25, 0.3) is 0 Å². The van der Waals surface area contributed by atoms with Gasteiger partial charge in [0.1, 0.15) is 6.04 Å². The molecule has 0 saturated carbocycles. The number of hydrogen-bond acceptors (Lipinski definition) is 5. The Labute approximate surface area is 115 Å². The van der Waals surface area contributed by atoms with Gasteiger partial charge in [-0.1, -0.05) is 28.9 Å². The summed E-state index contributed by atoms with van der Waals surface area (Å²) in [4.78, 5) is 4.40. The minimum absolute atomic E-state index is 0.00522. The van der Waals surface area contributed by atoms with Crippen LogP contribution < -0.4 is 5.32 Å². The van der Waals surface area contributed by atoms with Gasteiger partial charge in [-0.3, -0.25) is 0 Å². The molecule has 6 heteroatoms. The van der Waals surface area contributed by atoms with E-state index < -0.39 is 0 Å². The molecule has 3 rings (SSSR count). The van der Waals surface area contributed by atoms with Crippen LogP contribution in [-0.2, 0) is 11.2 Å². The van der Waals surface area contributed by atoms with Crippen molar-refractivity contribution in [2.75, 3.05) is 19.8 Å². The lowest BCUT2D eigenvalue weighted by Crippen LogP contribution is -2.34. The first kappa shape index (κ1) is 12.6. The van der Waals surface area contributed by atoms with Gasteiger partial charge in [-0.05, 0) is 17.7 Å². The van der Waals surface area contributed by atoms with E-state index in [9.17, 15) is 0 Å². The predicted molar refractivity (Wildman–Crippen MR) is 70.1 cm³/mol. The molecule has 1 N–H and O–H groups in total. The third-order valence-electron chi connectivity index (χ3n) is 2.95. The fourth-order valence-electron chi connectivity index (χ4n) is 2.03. The van der Waals surface area contributed by atoms with E-state index in [1.165, 1.54) is 0 Å². The van der Waals surface area contributed by atoms with Crippen LogP contribution in [0.1, 0.15) is 23.3 Å². The monoisotopic (exact) mass is 279 g/mol. The lowest BCUT2D eigenvalue weighted by Gasteiger charge is -2.20. The van der Waals surface area contributed by atoms with Crippen molar-refractivity contribution in [2.45, 2.75) is 12.5 Å². The van der Waals surface area contributed by atoms with Crippen LogP contribution in [0.2, 0.25) is 5.02 Å². The van der Waals surface area contributed by atoms with E-state index in [2.05, 4.69) is 15.5 Å². The van der Waals surface area contributed by atoms with E-state index in [0.29, 0.717) is 29.8 Å². The van der Waals surface area contributed by atoms with Crippen LogP contribution in [0.5, 0.6) is 0 Å². The van der Waals surface area contributed by atoms with Crippen LogP contribution >= 0.6 is 11.6 Å². The van der Waals surface area contributed by atoms with Crippen LogP contribution in [0.3, 0.4) is 0 Å². The molecule has 0 radical (unpaired) electrons. The van der Waals surface area contributed by atoms with Gasteiger partial charge in [0.05, 0.1) is 13.2 Å². The second-order valence-corrected chi connectivity index (χ2v) is 4.87. The van der Waals surface area contributed by atoms with Crippen molar-refractivity contribution in [2.24, 2.45) is 0 Å². The van der Waals surface area contributed by atoms with Crippen molar-refractivity contribution in [3.63, 3.8) is 0 Å². The largest absolute Gasteiger partial charge is 0.378 e. The molecule has 0 spiro atoms. The molecule has 1 aliphatic heterocycles. The molecular formula is C13H14ClN3O2. The number of halogens is 1. The second-order valence-electron chi connectivity index (χ2n) is 4.44. The Bertz CT molecular complexity index is 552. The molecule has 0 aliphatic carbocycles. The zero-order valence-corrected chi connectivity index (χ0v) is 11.1. The van der Waals surface area contributed by atoms with Gasteiger partial charge in [-0.25, -0.2) is 0 Å². The van der Waals surface area contributed by atoms with Crippen molar-refractivity contribution in [1.82, 2.24) is 15.5 Å². The van der Waals surface area contributed by atoms with Crippen LogP contribution in [0.4, 0.5) is 0 Å². The molecule has 1 saturated heterocycles. The first-order chi connectivity index (χ1) is 9.31. The summed E-state index contributed by atoms with van der Waals surface area (Å²) in [5.74, 6) is 1.24. The first-order valence-electron chi connectivity index (χ1n) is 6.19. The van der Waals surface area contributed by atoms with Gasteiger partial charge in [0.15, 0.2) is 5.82 Å². The highest BCUT2D eigenvalue weighted by atomic mass is 35.5. The lowest BCUT2D eigenvalue weighted by atomic mass is 10.1. The molecule has 100 valence electrons. The number of nitrogens with zero attached hydrogens (tertiary/aromatic N) is 2. The van der Waals surface area contributed by atoms with Gasteiger partial charge in [0.25, 0.3) is 0 Å². The van der Waals surface area contributed by atoms with E-state index in [1.54, 1.807) is 0 Å². The number of rotatable bonds is 3. The van der Waals surface area contributed by atoms with E-state index in [0.717, 1.165) is 18.7 Å². The maximum Gasteiger partial charge on any atom is 0.246 e. The van der Waals surface area contributed by atoms with E-state index in [1.807, 2.05) is 24.3 Å². The fraction of sp³-hybridized carbons (Fsp3) is 0.385. The average Bonchev–Trinajstić information content (AvgIpc) is 2.88. The van der Waals surface area contributed by atoms with Gasteiger partial charge in [-0.15, -0.1) is 0 Å². The Morgan fingerprint density at radius 2 is 2.37 bits per heavy atom. The predicted octanol–water partition coefficient (Wildman–Crippen LogP) is 1.97. The number of hydrogen-bond donors (Lipinski definition) is 1. The number of nitrogens with one attached hydrogen (secondary N) is 1. The summed E-state index contributed by atoms with van der Waals surface area (Å²) >= 11 is 5.95. The normalized spacial score (nSPS) is 19.5. The summed E-state index contributed by atoms with van der Waals surface area (Å²) in [5, 5.41) is 7.98. The minimum atomic E-state index is -0.00522. The van der Waals surface area contributed by atoms with Gasteiger partial charge in [0.2, 0.25) is 5.89 Å². The van der Waals surface area contributed by atoms with Crippen molar-refractivity contribution < 1.29 is 9.26 Å². The molecule has 5 nitrogen and oxygen atoms in total. The standard InChI is InChI=1S/C13H14ClN3O2/c14-10-3-1-2-9(6-10)7-12-16-13(19-17-12)11-8-18-5-4-15-11/h1-3,6,11,15H,4-5,7-8H2. The Morgan fingerprint density at radius 1 is 1.42 bits per heavy atom. The summed E-state index contributed by atoms with van der Waals surface area (Å²) in [6, 6.07) is 7.64. The molecular weight excluding hydrogens is 266 g/mol. The summed E-state index contributed by atoms with van der Waals surface area (Å²) < 4.78 is 10.6. The topological polar surface area (TPSA) is 60.2 Å². The Hall–Kier alpha value is -1.43. The highest BCUT2D eigenvalue weighted by Crippen LogP contribution is 2.16.